The third-order valence-corrected chi connectivity index (χ3v) is 3.61. The van der Waals surface area contributed by atoms with Gasteiger partial charge in [-0.05, 0) is 32.0 Å². The maximum absolute atomic E-state index is 11.5. The highest BCUT2D eigenvalue weighted by Crippen LogP contribution is 2.28. The van der Waals surface area contributed by atoms with Crippen molar-refractivity contribution in [2.24, 2.45) is 0 Å². The van der Waals surface area contributed by atoms with E-state index in [1.807, 2.05) is 48.9 Å². The number of carbonyl (C=O) groups is 1. The molecule has 4 nitrogen and oxygen atoms in total. The molecule has 0 aliphatic carbocycles. The van der Waals surface area contributed by atoms with Crippen LogP contribution < -0.4 is 4.74 Å². The molecule has 1 unspecified atom stereocenters. The van der Waals surface area contributed by atoms with Crippen LogP contribution in [-0.4, -0.2) is 28.6 Å². The minimum atomic E-state index is -0.363. The lowest BCUT2D eigenvalue weighted by Crippen LogP contribution is -2.21. The number of ether oxygens (including phenoxy) is 2. The van der Waals surface area contributed by atoms with Crippen LogP contribution >= 0.6 is 15.9 Å². The van der Waals surface area contributed by atoms with E-state index in [4.69, 9.17) is 9.47 Å². The van der Waals surface area contributed by atoms with Crippen LogP contribution in [0.2, 0.25) is 0 Å². The molecule has 20 heavy (non-hydrogen) atoms. The average Bonchev–Trinajstić information content (AvgIpc) is 2.81. The van der Waals surface area contributed by atoms with Crippen molar-refractivity contribution in [3.63, 3.8) is 0 Å². The minimum Gasteiger partial charge on any atom is -0.490 e. The van der Waals surface area contributed by atoms with E-state index in [1.54, 1.807) is 0 Å². The first-order valence-electron chi connectivity index (χ1n) is 6.49. The summed E-state index contributed by atoms with van der Waals surface area (Å²) in [7, 11) is 1.39. The zero-order valence-electron chi connectivity index (χ0n) is 11.8. The predicted octanol–water partition coefficient (Wildman–Crippen LogP) is 3.37. The summed E-state index contributed by atoms with van der Waals surface area (Å²) in [6.07, 6.45) is 2.08. The van der Waals surface area contributed by atoms with Crippen molar-refractivity contribution >= 4 is 32.8 Å². The number of fused-ring (bicyclic) bond motifs is 1. The van der Waals surface area contributed by atoms with E-state index in [0.717, 1.165) is 16.7 Å². The number of hydrogen-bond donors (Lipinski definition) is 0. The van der Waals surface area contributed by atoms with Crippen molar-refractivity contribution in [2.45, 2.75) is 31.3 Å². The summed E-state index contributed by atoms with van der Waals surface area (Å²) in [6, 6.07) is 7.93. The molecule has 0 aliphatic rings. The van der Waals surface area contributed by atoms with Gasteiger partial charge in [0.25, 0.3) is 0 Å². The van der Waals surface area contributed by atoms with Gasteiger partial charge in [-0.15, -0.1) is 0 Å². The van der Waals surface area contributed by atoms with Crippen LogP contribution in [0.4, 0.5) is 0 Å². The van der Waals surface area contributed by atoms with Gasteiger partial charge in [0.1, 0.15) is 10.6 Å². The van der Waals surface area contributed by atoms with Gasteiger partial charge in [-0.3, -0.25) is 4.79 Å². The fourth-order valence-corrected chi connectivity index (χ4v) is 2.59. The normalized spacial score (nSPS) is 12.7. The fourth-order valence-electron chi connectivity index (χ4n) is 2.09. The number of halogens is 1. The molecule has 2 aromatic rings. The van der Waals surface area contributed by atoms with Crippen molar-refractivity contribution in [3.05, 3.63) is 30.5 Å². The van der Waals surface area contributed by atoms with Crippen LogP contribution in [0.15, 0.2) is 30.5 Å². The SMILES string of the molecule is COC(=O)C(Br)Cn1ccc2c(OC(C)C)cccc21. The summed E-state index contributed by atoms with van der Waals surface area (Å²) in [5, 5.41) is 1.05. The number of hydrogen-bond acceptors (Lipinski definition) is 3. The summed E-state index contributed by atoms with van der Waals surface area (Å²) in [6.45, 7) is 4.52. The van der Waals surface area contributed by atoms with Gasteiger partial charge in [0.15, 0.2) is 0 Å². The highest BCUT2D eigenvalue weighted by atomic mass is 79.9. The Morgan fingerprint density at radius 3 is 2.75 bits per heavy atom. The molecule has 0 saturated carbocycles. The third kappa shape index (κ3) is 3.15. The Hall–Kier alpha value is -1.49. The highest BCUT2D eigenvalue weighted by Gasteiger charge is 2.17. The molecule has 0 radical (unpaired) electrons. The zero-order chi connectivity index (χ0) is 14.7. The van der Waals surface area contributed by atoms with Crippen molar-refractivity contribution in [1.29, 1.82) is 0 Å². The van der Waals surface area contributed by atoms with E-state index in [2.05, 4.69) is 15.9 Å². The number of benzene rings is 1. The molecule has 5 heteroatoms. The Kier molecular flexibility index (Phi) is 4.70. The lowest BCUT2D eigenvalue weighted by molar-refractivity contribution is -0.140. The monoisotopic (exact) mass is 339 g/mol. The molecule has 0 amide bonds. The van der Waals surface area contributed by atoms with Gasteiger partial charge in [0, 0.05) is 18.1 Å². The van der Waals surface area contributed by atoms with E-state index in [1.165, 1.54) is 7.11 Å². The number of carbonyl (C=O) groups excluding carboxylic acids is 1. The van der Waals surface area contributed by atoms with Crippen molar-refractivity contribution < 1.29 is 14.3 Å². The molecule has 1 atom stereocenters. The van der Waals surface area contributed by atoms with E-state index in [9.17, 15) is 4.79 Å². The molecule has 1 aromatic heterocycles. The first kappa shape index (κ1) is 14.9. The zero-order valence-corrected chi connectivity index (χ0v) is 13.4. The highest BCUT2D eigenvalue weighted by molar-refractivity contribution is 9.10. The first-order valence-corrected chi connectivity index (χ1v) is 7.41. The summed E-state index contributed by atoms with van der Waals surface area (Å²) in [4.78, 5) is 11.1. The van der Waals surface area contributed by atoms with Gasteiger partial charge >= 0.3 is 5.97 Å². The van der Waals surface area contributed by atoms with Crippen LogP contribution in [-0.2, 0) is 16.1 Å². The summed E-state index contributed by atoms with van der Waals surface area (Å²) >= 11 is 3.34. The second kappa shape index (κ2) is 6.31. The van der Waals surface area contributed by atoms with Gasteiger partial charge in [-0.2, -0.15) is 0 Å². The number of alkyl halides is 1. The van der Waals surface area contributed by atoms with Crippen molar-refractivity contribution in [2.75, 3.05) is 7.11 Å². The molecule has 1 heterocycles. The lowest BCUT2D eigenvalue weighted by atomic mass is 10.2. The van der Waals surface area contributed by atoms with Crippen LogP contribution in [0.3, 0.4) is 0 Å². The summed E-state index contributed by atoms with van der Waals surface area (Å²) in [5.41, 5.74) is 1.04. The Balaban J connectivity index is 2.30. The van der Waals surface area contributed by atoms with Crippen LogP contribution in [0.1, 0.15) is 13.8 Å². The average molecular weight is 340 g/mol. The minimum absolute atomic E-state index is 0.128. The Morgan fingerprint density at radius 2 is 2.10 bits per heavy atom. The standard InChI is InChI=1S/C15H18BrNO3/c1-10(2)20-14-6-4-5-13-11(14)7-8-17(13)9-12(16)15(18)19-3/h4-8,10,12H,9H2,1-3H3. The number of esters is 1. The van der Waals surface area contributed by atoms with E-state index in [0.29, 0.717) is 6.54 Å². The van der Waals surface area contributed by atoms with Gasteiger partial charge in [-0.25, -0.2) is 0 Å². The number of rotatable bonds is 5. The number of methoxy groups -OCH3 is 1. The van der Waals surface area contributed by atoms with Crippen LogP contribution in [0, 0.1) is 0 Å². The van der Waals surface area contributed by atoms with Crippen LogP contribution in [0.25, 0.3) is 10.9 Å². The molecule has 2 rings (SSSR count). The fraction of sp³-hybridized carbons (Fsp3) is 0.400. The van der Waals surface area contributed by atoms with E-state index < -0.39 is 0 Å². The molecule has 0 saturated heterocycles. The smallest absolute Gasteiger partial charge is 0.321 e. The largest absolute Gasteiger partial charge is 0.490 e. The Labute approximate surface area is 126 Å². The summed E-state index contributed by atoms with van der Waals surface area (Å²) < 4.78 is 12.5. The van der Waals surface area contributed by atoms with Gasteiger partial charge in [0.05, 0.1) is 18.7 Å². The van der Waals surface area contributed by atoms with Crippen LogP contribution in [0.5, 0.6) is 5.75 Å². The number of aromatic nitrogens is 1. The maximum atomic E-state index is 11.5. The Bertz CT molecular complexity index is 606. The lowest BCUT2D eigenvalue weighted by Gasteiger charge is -2.12. The summed E-state index contributed by atoms with van der Waals surface area (Å²) in [5.74, 6) is 0.585. The second-order valence-corrected chi connectivity index (χ2v) is 5.92. The molecular formula is C15H18BrNO3. The van der Waals surface area contributed by atoms with Gasteiger partial charge in [0.2, 0.25) is 0 Å². The molecule has 0 N–H and O–H groups in total. The predicted molar refractivity (Wildman–Crippen MR) is 82.4 cm³/mol. The van der Waals surface area contributed by atoms with E-state index in [-0.39, 0.29) is 16.9 Å². The van der Waals surface area contributed by atoms with Crippen molar-refractivity contribution in [3.8, 4) is 5.75 Å². The third-order valence-electron chi connectivity index (χ3n) is 2.95. The van der Waals surface area contributed by atoms with Crippen molar-refractivity contribution in [1.82, 2.24) is 4.57 Å². The molecule has 0 aliphatic heterocycles. The van der Waals surface area contributed by atoms with E-state index >= 15 is 0 Å². The number of nitrogens with zero attached hydrogens (tertiary/aromatic N) is 1. The molecule has 0 spiro atoms. The quantitative estimate of drug-likeness (QED) is 0.619. The Morgan fingerprint density at radius 1 is 1.35 bits per heavy atom. The van der Waals surface area contributed by atoms with Gasteiger partial charge in [-0.1, -0.05) is 22.0 Å². The topological polar surface area (TPSA) is 40.5 Å². The molecular weight excluding hydrogens is 322 g/mol. The molecule has 0 bridgehead atoms. The van der Waals surface area contributed by atoms with Gasteiger partial charge < -0.3 is 14.0 Å². The molecule has 108 valence electrons. The second-order valence-electron chi connectivity index (χ2n) is 4.81. The maximum Gasteiger partial charge on any atom is 0.321 e. The first-order chi connectivity index (χ1) is 9.52. The molecule has 1 aromatic carbocycles. The molecule has 0 fully saturated rings.